The maximum Gasteiger partial charge on any atom is 0.134 e. The molecule has 98 valence electrons. The van der Waals surface area contributed by atoms with Gasteiger partial charge in [-0.05, 0) is 36.5 Å². The molecule has 1 saturated heterocycles. The SMILES string of the molecule is CCC1N(Cc2ccc(O)c(Cl)c2)CC12CC2C. The van der Waals surface area contributed by atoms with Crippen molar-refractivity contribution < 1.29 is 5.11 Å². The number of likely N-dealkylation sites (tertiary alicyclic amines) is 1. The monoisotopic (exact) mass is 265 g/mol. The van der Waals surface area contributed by atoms with Crippen molar-refractivity contribution in [3.05, 3.63) is 28.8 Å². The minimum Gasteiger partial charge on any atom is -0.506 e. The minimum atomic E-state index is 0.170. The molecule has 3 rings (SSSR count). The topological polar surface area (TPSA) is 23.5 Å². The minimum absolute atomic E-state index is 0.170. The van der Waals surface area contributed by atoms with E-state index >= 15 is 0 Å². The van der Waals surface area contributed by atoms with E-state index in [1.165, 1.54) is 24.9 Å². The Morgan fingerprint density at radius 2 is 2.22 bits per heavy atom. The van der Waals surface area contributed by atoms with Gasteiger partial charge in [0, 0.05) is 24.5 Å². The van der Waals surface area contributed by atoms with Gasteiger partial charge in [0.2, 0.25) is 0 Å². The van der Waals surface area contributed by atoms with E-state index in [1.807, 2.05) is 12.1 Å². The second kappa shape index (κ2) is 4.14. The summed E-state index contributed by atoms with van der Waals surface area (Å²) in [4.78, 5) is 2.55. The van der Waals surface area contributed by atoms with Gasteiger partial charge in [-0.1, -0.05) is 31.5 Å². The number of benzene rings is 1. The fourth-order valence-electron chi connectivity index (χ4n) is 3.75. The first-order valence-electron chi connectivity index (χ1n) is 6.78. The summed E-state index contributed by atoms with van der Waals surface area (Å²) in [5.41, 5.74) is 1.83. The van der Waals surface area contributed by atoms with Crippen molar-refractivity contribution in [3.8, 4) is 5.75 Å². The van der Waals surface area contributed by atoms with Gasteiger partial charge >= 0.3 is 0 Å². The van der Waals surface area contributed by atoms with Crippen molar-refractivity contribution in [2.75, 3.05) is 6.54 Å². The maximum atomic E-state index is 9.43. The number of nitrogens with zero attached hydrogens (tertiary/aromatic N) is 1. The largest absolute Gasteiger partial charge is 0.506 e. The number of hydrogen-bond donors (Lipinski definition) is 1. The van der Waals surface area contributed by atoms with E-state index < -0.39 is 0 Å². The Labute approximate surface area is 114 Å². The van der Waals surface area contributed by atoms with Crippen LogP contribution < -0.4 is 0 Å². The number of aromatic hydroxyl groups is 1. The van der Waals surface area contributed by atoms with E-state index in [0.29, 0.717) is 10.4 Å². The molecule has 1 aliphatic carbocycles. The molecule has 1 N–H and O–H groups in total. The van der Waals surface area contributed by atoms with Gasteiger partial charge < -0.3 is 5.11 Å². The second-order valence-electron chi connectivity index (χ2n) is 5.95. The summed E-state index contributed by atoms with van der Waals surface area (Å²) in [6.45, 7) is 6.84. The highest BCUT2D eigenvalue weighted by atomic mass is 35.5. The van der Waals surface area contributed by atoms with Crippen LogP contribution in [0.15, 0.2) is 18.2 Å². The fraction of sp³-hybridized carbons (Fsp3) is 0.600. The van der Waals surface area contributed by atoms with Crippen molar-refractivity contribution in [3.63, 3.8) is 0 Å². The Balaban J connectivity index is 1.69. The van der Waals surface area contributed by atoms with Crippen molar-refractivity contribution in [2.24, 2.45) is 11.3 Å². The van der Waals surface area contributed by atoms with E-state index in [0.717, 1.165) is 18.5 Å². The predicted molar refractivity (Wildman–Crippen MR) is 73.8 cm³/mol. The first-order valence-corrected chi connectivity index (χ1v) is 7.16. The van der Waals surface area contributed by atoms with Gasteiger partial charge in [-0.15, -0.1) is 0 Å². The third kappa shape index (κ3) is 1.74. The molecule has 1 aliphatic heterocycles. The average Bonchev–Trinajstić information content (AvgIpc) is 2.97. The zero-order chi connectivity index (χ0) is 12.9. The van der Waals surface area contributed by atoms with Gasteiger partial charge in [0.25, 0.3) is 0 Å². The molecule has 3 atom stereocenters. The molecular formula is C15H20ClNO. The summed E-state index contributed by atoms with van der Waals surface area (Å²) in [7, 11) is 0. The van der Waals surface area contributed by atoms with E-state index in [1.54, 1.807) is 6.07 Å². The van der Waals surface area contributed by atoms with Gasteiger partial charge in [-0.2, -0.15) is 0 Å². The Bertz CT molecular complexity index is 476. The van der Waals surface area contributed by atoms with Crippen LogP contribution in [0.2, 0.25) is 5.02 Å². The van der Waals surface area contributed by atoms with Crippen LogP contribution in [-0.4, -0.2) is 22.6 Å². The molecular weight excluding hydrogens is 246 g/mol. The first-order chi connectivity index (χ1) is 8.56. The summed E-state index contributed by atoms with van der Waals surface area (Å²) in [5.74, 6) is 1.07. The van der Waals surface area contributed by atoms with Crippen LogP contribution >= 0.6 is 11.6 Å². The van der Waals surface area contributed by atoms with Crippen LogP contribution in [0.5, 0.6) is 5.75 Å². The van der Waals surface area contributed by atoms with E-state index in [9.17, 15) is 5.11 Å². The fourth-order valence-corrected chi connectivity index (χ4v) is 3.96. The summed E-state index contributed by atoms with van der Waals surface area (Å²) >= 11 is 5.95. The Hall–Kier alpha value is -0.730. The van der Waals surface area contributed by atoms with E-state index in [-0.39, 0.29) is 5.75 Å². The normalized spacial score (nSPS) is 34.6. The molecule has 1 saturated carbocycles. The molecule has 18 heavy (non-hydrogen) atoms. The molecule has 2 aliphatic rings. The van der Waals surface area contributed by atoms with Crippen LogP contribution in [0.4, 0.5) is 0 Å². The number of phenolic OH excluding ortho intramolecular Hbond substituents is 1. The second-order valence-corrected chi connectivity index (χ2v) is 6.36. The van der Waals surface area contributed by atoms with Crippen LogP contribution in [0, 0.1) is 11.3 Å². The summed E-state index contributed by atoms with van der Waals surface area (Å²) in [6, 6.07) is 6.27. The average molecular weight is 266 g/mol. The number of halogens is 1. The molecule has 1 spiro atoms. The molecule has 2 nitrogen and oxygen atoms in total. The highest BCUT2D eigenvalue weighted by Crippen LogP contribution is 2.63. The van der Waals surface area contributed by atoms with Gasteiger partial charge in [-0.25, -0.2) is 0 Å². The van der Waals surface area contributed by atoms with Gasteiger partial charge in [0.15, 0.2) is 0 Å². The molecule has 0 aromatic heterocycles. The number of phenols is 1. The summed E-state index contributed by atoms with van der Waals surface area (Å²) in [5, 5.41) is 9.88. The van der Waals surface area contributed by atoms with Crippen molar-refractivity contribution >= 4 is 11.6 Å². The standard InChI is InChI=1S/C15H20ClNO/c1-3-14-15(7-10(15)2)9-17(14)8-11-4-5-13(18)12(16)6-11/h4-6,10,14,18H,3,7-9H2,1-2H3. The molecule has 3 unspecified atom stereocenters. The molecule has 2 fully saturated rings. The smallest absolute Gasteiger partial charge is 0.134 e. The number of rotatable bonds is 3. The maximum absolute atomic E-state index is 9.43. The van der Waals surface area contributed by atoms with Crippen LogP contribution in [-0.2, 0) is 6.54 Å². The first kappa shape index (κ1) is 12.3. The lowest BCUT2D eigenvalue weighted by Crippen LogP contribution is -2.57. The summed E-state index contributed by atoms with van der Waals surface area (Å²) in [6.07, 6.45) is 2.63. The zero-order valence-electron chi connectivity index (χ0n) is 11.0. The van der Waals surface area contributed by atoms with E-state index in [2.05, 4.69) is 18.7 Å². The van der Waals surface area contributed by atoms with Crippen molar-refractivity contribution in [2.45, 2.75) is 39.3 Å². The highest BCUT2D eigenvalue weighted by molar-refractivity contribution is 6.32. The van der Waals surface area contributed by atoms with E-state index in [4.69, 9.17) is 11.6 Å². The quantitative estimate of drug-likeness (QED) is 0.902. The van der Waals surface area contributed by atoms with Crippen LogP contribution in [0.1, 0.15) is 32.3 Å². The van der Waals surface area contributed by atoms with Crippen LogP contribution in [0.25, 0.3) is 0 Å². The molecule has 3 heteroatoms. The van der Waals surface area contributed by atoms with Gasteiger partial charge in [0.05, 0.1) is 5.02 Å². The Morgan fingerprint density at radius 3 is 2.78 bits per heavy atom. The molecule has 0 radical (unpaired) electrons. The molecule has 1 aromatic rings. The highest BCUT2D eigenvalue weighted by Gasteiger charge is 2.64. The number of hydrogen-bond acceptors (Lipinski definition) is 2. The lowest BCUT2D eigenvalue weighted by molar-refractivity contribution is -0.0227. The molecule has 1 aromatic carbocycles. The molecule has 1 heterocycles. The lowest BCUT2D eigenvalue weighted by atomic mass is 9.81. The van der Waals surface area contributed by atoms with Crippen molar-refractivity contribution in [1.82, 2.24) is 4.90 Å². The van der Waals surface area contributed by atoms with Gasteiger partial charge in [-0.3, -0.25) is 4.90 Å². The molecule has 0 bridgehead atoms. The third-order valence-corrected chi connectivity index (χ3v) is 5.20. The van der Waals surface area contributed by atoms with Crippen molar-refractivity contribution in [1.29, 1.82) is 0 Å². The predicted octanol–water partition coefficient (Wildman–Crippen LogP) is 3.67. The molecule has 0 amide bonds. The zero-order valence-corrected chi connectivity index (χ0v) is 11.7. The Morgan fingerprint density at radius 1 is 1.50 bits per heavy atom. The van der Waals surface area contributed by atoms with Gasteiger partial charge in [0.1, 0.15) is 5.75 Å². The lowest BCUT2D eigenvalue weighted by Gasteiger charge is -2.50. The summed E-state index contributed by atoms with van der Waals surface area (Å²) < 4.78 is 0. The Kier molecular flexibility index (Phi) is 2.83. The third-order valence-electron chi connectivity index (χ3n) is 4.89. The van der Waals surface area contributed by atoms with Crippen LogP contribution in [0.3, 0.4) is 0 Å².